The number of para-hydroxylation sites is 1. The van der Waals surface area contributed by atoms with E-state index in [2.05, 4.69) is 11.4 Å². The van der Waals surface area contributed by atoms with E-state index in [1.54, 1.807) is 7.11 Å². The highest BCUT2D eigenvalue weighted by Crippen LogP contribution is 2.31. The predicted molar refractivity (Wildman–Crippen MR) is 83.4 cm³/mol. The molecule has 1 saturated heterocycles. The normalized spacial score (nSPS) is 23.2. The smallest absolute Gasteiger partial charge is 0.223 e. The number of amides is 1. The minimum absolute atomic E-state index is 0.0617. The van der Waals surface area contributed by atoms with Gasteiger partial charge in [-0.15, -0.1) is 0 Å². The highest BCUT2D eigenvalue weighted by molar-refractivity contribution is 5.79. The Morgan fingerprint density at radius 3 is 2.82 bits per heavy atom. The average molecular weight is 304 g/mol. The lowest BCUT2D eigenvalue weighted by Gasteiger charge is -2.30. The summed E-state index contributed by atoms with van der Waals surface area (Å²) in [5.41, 5.74) is 1.10. The number of fused-ring (bicyclic) bond motifs is 1. The molecule has 1 atom stereocenters. The van der Waals surface area contributed by atoms with Gasteiger partial charge in [-0.1, -0.05) is 18.2 Å². The first-order valence-electron chi connectivity index (χ1n) is 8.09. The van der Waals surface area contributed by atoms with Crippen LogP contribution in [0.25, 0.3) is 0 Å². The predicted octanol–water partition coefficient (Wildman–Crippen LogP) is 2.29. The molecule has 0 spiro atoms. The molecule has 1 N–H and O–H groups in total. The molecule has 2 aliphatic rings. The van der Waals surface area contributed by atoms with E-state index in [1.807, 2.05) is 23.3 Å². The summed E-state index contributed by atoms with van der Waals surface area (Å²) in [7, 11) is 1.68. The van der Waals surface area contributed by atoms with Gasteiger partial charge in [0.2, 0.25) is 5.91 Å². The number of hydrogen-bond donors (Lipinski definition) is 1. The first-order valence-corrected chi connectivity index (χ1v) is 8.09. The number of rotatable bonds is 3. The Hall–Kier alpha value is -1.59. The summed E-state index contributed by atoms with van der Waals surface area (Å²) in [5.74, 6) is 1.15. The largest absolute Gasteiger partial charge is 0.493 e. The van der Waals surface area contributed by atoms with Gasteiger partial charge in [-0.2, -0.15) is 5.06 Å². The molecule has 5 nitrogen and oxygen atoms in total. The maximum atomic E-state index is 12.6. The highest BCUT2D eigenvalue weighted by Gasteiger charge is 2.28. The molecule has 0 bridgehead atoms. The van der Waals surface area contributed by atoms with E-state index in [4.69, 9.17) is 9.57 Å². The third-order valence-electron chi connectivity index (χ3n) is 4.59. The number of hydrogen-bond acceptors (Lipinski definition) is 4. The molecule has 0 aliphatic carbocycles. The lowest BCUT2D eigenvalue weighted by atomic mass is 9.95. The SMILES string of the molecule is CON1CCC(C(=O)NC2CCCOc3ccccc32)CC1. The van der Waals surface area contributed by atoms with Crippen LogP contribution in [0.4, 0.5) is 0 Å². The lowest BCUT2D eigenvalue weighted by molar-refractivity contribution is -0.154. The molecule has 120 valence electrons. The molecular weight excluding hydrogens is 280 g/mol. The Balaban J connectivity index is 1.64. The zero-order valence-electron chi connectivity index (χ0n) is 13.1. The summed E-state index contributed by atoms with van der Waals surface area (Å²) < 4.78 is 5.76. The van der Waals surface area contributed by atoms with Crippen molar-refractivity contribution < 1.29 is 14.4 Å². The van der Waals surface area contributed by atoms with Crippen LogP contribution in [0, 0.1) is 5.92 Å². The number of nitrogens with one attached hydrogen (secondary N) is 1. The summed E-state index contributed by atoms with van der Waals surface area (Å²) >= 11 is 0. The Labute approximate surface area is 131 Å². The summed E-state index contributed by atoms with van der Waals surface area (Å²) in [6.45, 7) is 2.35. The minimum Gasteiger partial charge on any atom is -0.493 e. The zero-order valence-corrected chi connectivity index (χ0v) is 13.1. The van der Waals surface area contributed by atoms with Crippen molar-refractivity contribution in [2.45, 2.75) is 31.7 Å². The summed E-state index contributed by atoms with van der Waals surface area (Å²) in [6.07, 6.45) is 3.59. The quantitative estimate of drug-likeness (QED) is 0.931. The molecule has 2 aliphatic heterocycles. The Morgan fingerprint density at radius 1 is 1.27 bits per heavy atom. The number of carbonyl (C=O) groups excluding carboxylic acids is 1. The molecule has 1 fully saturated rings. The lowest BCUT2D eigenvalue weighted by Crippen LogP contribution is -2.41. The van der Waals surface area contributed by atoms with E-state index >= 15 is 0 Å². The van der Waals surface area contributed by atoms with Gasteiger partial charge in [0.15, 0.2) is 0 Å². The topological polar surface area (TPSA) is 50.8 Å². The van der Waals surface area contributed by atoms with Crippen molar-refractivity contribution in [3.63, 3.8) is 0 Å². The molecule has 1 amide bonds. The maximum absolute atomic E-state index is 12.6. The van der Waals surface area contributed by atoms with E-state index in [0.29, 0.717) is 0 Å². The van der Waals surface area contributed by atoms with Crippen LogP contribution in [0.1, 0.15) is 37.3 Å². The number of benzene rings is 1. The third kappa shape index (κ3) is 3.42. The first kappa shape index (κ1) is 15.3. The molecule has 5 heteroatoms. The maximum Gasteiger partial charge on any atom is 0.223 e. The van der Waals surface area contributed by atoms with E-state index in [-0.39, 0.29) is 17.9 Å². The fourth-order valence-electron chi connectivity index (χ4n) is 3.26. The van der Waals surface area contributed by atoms with Gasteiger partial charge in [-0.3, -0.25) is 4.79 Å². The summed E-state index contributed by atoms with van der Waals surface area (Å²) in [6, 6.07) is 8.08. The van der Waals surface area contributed by atoms with Crippen molar-refractivity contribution in [2.75, 3.05) is 26.8 Å². The number of nitrogens with zero attached hydrogens (tertiary/aromatic N) is 1. The van der Waals surface area contributed by atoms with Crippen LogP contribution in [0.5, 0.6) is 5.75 Å². The van der Waals surface area contributed by atoms with Crippen molar-refractivity contribution in [1.29, 1.82) is 0 Å². The van der Waals surface area contributed by atoms with Crippen LogP contribution in [0.15, 0.2) is 24.3 Å². The standard InChI is InChI=1S/C17H24N2O3/c1-21-19-10-8-13(9-11-19)17(20)18-15-6-4-12-22-16-7-3-2-5-14(15)16/h2-3,5,7,13,15H,4,6,8-12H2,1H3,(H,18,20). The van der Waals surface area contributed by atoms with E-state index in [0.717, 1.165) is 56.7 Å². The molecule has 0 aromatic heterocycles. The second kappa shape index (κ2) is 7.11. The van der Waals surface area contributed by atoms with E-state index in [9.17, 15) is 4.79 Å². The molecule has 1 aromatic carbocycles. The average Bonchev–Trinajstić information content (AvgIpc) is 2.77. The van der Waals surface area contributed by atoms with Gasteiger partial charge in [0, 0.05) is 24.6 Å². The van der Waals surface area contributed by atoms with Crippen LogP contribution in [-0.4, -0.2) is 37.8 Å². The number of hydroxylamine groups is 2. The van der Waals surface area contributed by atoms with Gasteiger partial charge < -0.3 is 14.9 Å². The van der Waals surface area contributed by atoms with Crippen molar-refractivity contribution in [1.82, 2.24) is 10.4 Å². The fraction of sp³-hybridized carbons (Fsp3) is 0.588. The van der Waals surface area contributed by atoms with Gasteiger partial charge >= 0.3 is 0 Å². The Kier molecular flexibility index (Phi) is 4.95. The van der Waals surface area contributed by atoms with Crippen molar-refractivity contribution in [3.8, 4) is 5.75 Å². The molecule has 1 aromatic rings. The van der Waals surface area contributed by atoms with Gasteiger partial charge in [0.05, 0.1) is 19.8 Å². The van der Waals surface area contributed by atoms with E-state index in [1.165, 1.54) is 0 Å². The summed E-state index contributed by atoms with van der Waals surface area (Å²) in [5, 5.41) is 5.15. The molecule has 0 saturated carbocycles. The first-order chi connectivity index (χ1) is 10.8. The zero-order chi connectivity index (χ0) is 15.4. The number of ether oxygens (including phenoxy) is 1. The number of piperidine rings is 1. The van der Waals surface area contributed by atoms with Crippen LogP contribution in [0.3, 0.4) is 0 Å². The molecule has 0 radical (unpaired) electrons. The van der Waals surface area contributed by atoms with Crippen LogP contribution < -0.4 is 10.1 Å². The van der Waals surface area contributed by atoms with Crippen molar-refractivity contribution >= 4 is 5.91 Å². The molecule has 2 heterocycles. The molecular formula is C17H24N2O3. The van der Waals surface area contributed by atoms with Crippen LogP contribution in [0.2, 0.25) is 0 Å². The second-order valence-corrected chi connectivity index (χ2v) is 5.98. The van der Waals surface area contributed by atoms with Crippen LogP contribution >= 0.6 is 0 Å². The van der Waals surface area contributed by atoms with Gasteiger partial charge in [-0.25, -0.2) is 0 Å². The van der Waals surface area contributed by atoms with Gasteiger partial charge in [0.25, 0.3) is 0 Å². The van der Waals surface area contributed by atoms with Crippen molar-refractivity contribution in [3.05, 3.63) is 29.8 Å². The summed E-state index contributed by atoms with van der Waals surface area (Å²) in [4.78, 5) is 17.8. The second-order valence-electron chi connectivity index (χ2n) is 5.98. The highest BCUT2D eigenvalue weighted by atomic mass is 16.7. The number of carbonyl (C=O) groups is 1. The Bertz CT molecular complexity index is 512. The van der Waals surface area contributed by atoms with Gasteiger partial charge in [-0.05, 0) is 31.7 Å². The van der Waals surface area contributed by atoms with E-state index < -0.39 is 0 Å². The van der Waals surface area contributed by atoms with Crippen LogP contribution in [-0.2, 0) is 9.63 Å². The monoisotopic (exact) mass is 304 g/mol. The third-order valence-corrected chi connectivity index (χ3v) is 4.59. The molecule has 22 heavy (non-hydrogen) atoms. The van der Waals surface area contributed by atoms with Crippen molar-refractivity contribution in [2.24, 2.45) is 5.92 Å². The molecule has 3 rings (SSSR count). The van der Waals surface area contributed by atoms with Gasteiger partial charge in [0.1, 0.15) is 5.75 Å². The fourth-order valence-corrected chi connectivity index (χ4v) is 3.26. The molecule has 1 unspecified atom stereocenters. The minimum atomic E-state index is 0.0617. The Morgan fingerprint density at radius 2 is 2.05 bits per heavy atom.